The monoisotopic (exact) mass is 137 g/mol. The molecule has 49 valence electrons. The molecule has 0 aliphatic rings. The predicted molar refractivity (Wildman–Crippen MR) is 32.6 cm³/mol. The van der Waals surface area contributed by atoms with Gasteiger partial charge in [0.2, 0.25) is 0 Å². The van der Waals surface area contributed by atoms with Crippen LogP contribution in [-0.2, 0) is 0 Å². The normalized spacial score (nSPS) is 8.90. The molecule has 0 nitrogen and oxygen atoms in total. The summed E-state index contributed by atoms with van der Waals surface area (Å²) < 4.78 is 24.6. The third-order valence-electron chi connectivity index (χ3n) is 1.07. The molecular weight excluding hydrogens is 134 g/mol. The second-order valence-electron chi connectivity index (χ2n) is 1.75. The average Bonchev–Trinajstić information content (AvgIpc) is 1.88. The minimum absolute atomic E-state index is 0.0265. The molecule has 0 unspecified atom stereocenters. The van der Waals surface area contributed by atoms with E-state index in [9.17, 15) is 8.78 Å². The Kier molecular flexibility index (Phi) is 1.68. The third kappa shape index (κ3) is 1.14. The van der Waals surface area contributed by atoms with Gasteiger partial charge in [0.25, 0.3) is 0 Å². The van der Waals surface area contributed by atoms with Crippen molar-refractivity contribution >= 4 is 0 Å². The summed E-state index contributed by atoms with van der Waals surface area (Å²) in [5.41, 5.74) is -0.0265. The Morgan fingerprint density at radius 2 is 2.00 bits per heavy atom. The van der Waals surface area contributed by atoms with Crippen LogP contribution in [0.25, 0.3) is 0 Å². The van der Waals surface area contributed by atoms with Crippen molar-refractivity contribution in [3.63, 3.8) is 0 Å². The number of hydrogen-bond acceptors (Lipinski definition) is 0. The van der Waals surface area contributed by atoms with Crippen LogP contribution in [0.2, 0.25) is 0 Å². The van der Waals surface area contributed by atoms with Gasteiger partial charge in [-0.05, 0) is 24.5 Å². The quantitative estimate of drug-likeness (QED) is 0.479. The molecule has 0 saturated heterocycles. The van der Waals surface area contributed by atoms with Gasteiger partial charge in [-0.25, -0.2) is 8.78 Å². The van der Waals surface area contributed by atoms with E-state index in [1.165, 1.54) is 0 Å². The minimum Gasteiger partial charge on any atom is -0.207 e. The maximum Gasteiger partial charge on any atom is 0.141 e. The molecule has 1 radical (unpaired) electrons. The molecule has 1 aromatic rings. The Labute approximate surface area is 57.5 Å². The first-order chi connectivity index (χ1) is 4.74. The molecule has 0 aliphatic carbocycles. The first-order valence-electron chi connectivity index (χ1n) is 2.62. The van der Waals surface area contributed by atoms with Gasteiger partial charge in [0, 0.05) is 6.07 Å². The van der Waals surface area contributed by atoms with Crippen molar-refractivity contribution < 1.29 is 8.78 Å². The maximum absolute atomic E-state index is 12.4. The number of benzene rings is 1. The highest BCUT2D eigenvalue weighted by molar-refractivity contribution is 5.31. The molecule has 0 spiro atoms. The molecular formula is C8H3F2. The van der Waals surface area contributed by atoms with Crippen molar-refractivity contribution in [1.82, 2.24) is 0 Å². The smallest absolute Gasteiger partial charge is 0.141 e. The lowest BCUT2D eigenvalue weighted by molar-refractivity contribution is 0.581. The number of rotatable bonds is 0. The van der Waals surface area contributed by atoms with E-state index in [1.807, 2.05) is 5.92 Å². The molecule has 1 rings (SSSR count). The van der Waals surface area contributed by atoms with E-state index in [0.717, 1.165) is 18.2 Å². The zero-order valence-electron chi connectivity index (χ0n) is 4.99. The fraction of sp³-hybridized carbons (Fsp3) is 0. The Morgan fingerprint density at radius 3 is 2.50 bits per heavy atom. The largest absolute Gasteiger partial charge is 0.207 e. The van der Waals surface area contributed by atoms with E-state index in [1.54, 1.807) is 0 Å². The van der Waals surface area contributed by atoms with Crippen LogP contribution in [0.15, 0.2) is 18.2 Å². The van der Waals surface area contributed by atoms with Crippen molar-refractivity contribution in [2.75, 3.05) is 0 Å². The van der Waals surface area contributed by atoms with Crippen molar-refractivity contribution in [2.45, 2.75) is 0 Å². The average molecular weight is 137 g/mol. The summed E-state index contributed by atoms with van der Waals surface area (Å²) in [6.45, 7) is 0. The molecule has 0 saturated carbocycles. The molecule has 0 aromatic heterocycles. The molecule has 0 fully saturated rings. The van der Waals surface area contributed by atoms with E-state index in [0.29, 0.717) is 0 Å². The first kappa shape index (κ1) is 6.76. The fourth-order valence-electron chi connectivity index (χ4n) is 0.591. The molecule has 2 heteroatoms. The fourth-order valence-corrected chi connectivity index (χ4v) is 0.591. The molecule has 0 N–H and O–H groups in total. The highest BCUT2D eigenvalue weighted by atomic mass is 19.1. The van der Waals surface area contributed by atoms with Crippen molar-refractivity contribution in [3.05, 3.63) is 41.8 Å². The second kappa shape index (κ2) is 2.49. The van der Waals surface area contributed by atoms with Crippen LogP contribution in [0.4, 0.5) is 8.78 Å². The van der Waals surface area contributed by atoms with Crippen molar-refractivity contribution in [3.8, 4) is 5.92 Å². The van der Waals surface area contributed by atoms with Gasteiger partial charge in [0.1, 0.15) is 11.6 Å². The lowest BCUT2D eigenvalue weighted by Gasteiger charge is -1.91. The van der Waals surface area contributed by atoms with Crippen LogP contribution in [0, 0.1) is 24.0 Å². The van der Waals surface area contributed by atoms with E-state index in [4.69, 9.17) is 6.42 Å². The van der Waals surface area contributed by atoms with Crippen LogP contribution in [-0.4, -0.2) is 0 Å². The number of halogens is 2. The van der Waals surface area contributed by atoms with E-state index in [2.05, 4.69) is 0 Å². The summed E-state index contributed by atoms with van der Waals surface area (Å²) in [4.78, 5) is 0. The summed E-state index contributed by atoms with van der Waals surface area (Å²) in [5, 5.41) is 0. The number of hydrogen-bond donors (Lipinski definition) is 0. The van der Waals surface area contributed by atoms with Gasteiger partial charge in [-0.15, -0.1) is 0 Å². The molecule has 0 aliphatic heterocycles. The molecule has 10 heavy (non-hydrogen) atoms. The molecule has 0 atom stereocenters. The van der Waals surface area contributed by atoms with E-state index < -0.39 is 11.6 Å². The molecule has 0 heterocycles. The molecule has 0 bridgehead atoms. The van der Waals surface area contributed by atoms with Crippen molar-refractivity contribution in [2.24, 2.45) is 0 Å². The zero-order valence-corrected chi connectivity index (χ0v) is 4.99. The first-order valence-corrected chi connectivity index (χ1v) is 2.62. The van der Waals surface area contributed by atoms with Crippen LogP contribution in [0.5, 0.6) is 0 Å². The summed E-state index contributed by atoms with van der Waals surface area (Å²) in [6.07, 6.45) is 6.54. The van der Waals surface area contributed by atoms with Gasteiger partial charge in [0.05, 0.1) is 5.56 Å². The second-order valence-corrected chi connectivity index (χ2v) is 1.75. The van der Waals surface area contributed by atoms with E-state index >= 15 is 0 Å². The Hall–Kier alpha value is -1.36. The Bertz CT molecular complexity index is 284. The van der Waals surface area contributed by atoms with Crippen LogP contribution >= 0.6 is 0 Å². The summed E-state index contributed by atoms with van der Waals surface area (Å²) in [6, 6.07) is 2.97. The third-order valence-corrected chi connectivity index (χ3v) is 1.07. The van der Waals surface area contributed by atoms with Gasteiger partial charge < -0.3 is 0 Å². The molecule has 1 aromatic carbocycles. The van der Waals surface area contributed by atoms with Crippen LogP contribution in [0.1, 0.15) is 5.56 Å². The van der Waals surface area contributed by atoms with Gasteiger partial charge in [-0.2, -0.15) is 0 Å². The highest BCUT2D eigenvalue weighted by Gasteiger charge is 1.98. The van der Waals surface area contributed by atoms with E-state index in [-0.39, 0.29) is 5.56 Å². The van der Waals surface area contributed by atoms with Gasteiger partial charge in [-0.1, -0.05) is 0 Å². The topological polar surface area (TPSA) is 0 Å². The molecule has 0 amide bonds. The highest BCUT2D eigenvalue weighted by Crippen LogP contribution is 2.06. The lowest BCUT2D eigenvalue weighted by Crippen LogP contribution is -1.83. The summed E-state index contributed by atoms with van der Waals surface area (Å²) in [7, 11) is 0. The standard InChI is InChI=1S/C8H3F2/c1-2-6-3-4-7(9)5-8(6)10/h3-5H. The van der Waals surface area contributed by atoms with Gasteiger partial charge in [-0.3, -0.25) is 0 Å². The lowest BCUT2D eigenvalue weighted by atomic mass is 10.2. The van der Waals surface area contributed by atoms with Crippen LogP contribution < -0.4 is 0 Å². The minimum atomic E-state index is -0.755. The maximum atomic E-state index is 12.4. The van der Waals surface area contributed by atoms with Crippen molar-refractivity contribution in [1.29, 1.82) is 0 Å². The SMILES string of the molecule is [C]#Cc1ccc(F)cc1F. The van der Waals surface area contributed by atoms with Gasteiger partial charge in [0.15, 0.2) is 0 Å². The Morgan fingerprint density at radius 1 is 1.30 bits per heavy atom. The zero-order chi connectivity index (χ0) is 7.56. The summed E-state index contributed by atoms with van der Waals surface area (Å²) >= 11 is 0. The summed E-state index contributed by atoms with van der Waals surface area (Å²) in [5.74, 6) is 0.434. The van der Waals surface area contributed by atoms with Gasteiger partial charge >= 0.3 is 0 Å². The predicted octanol–water partition coefficient (Wildman–Crippen LogP) is 1.90. The Balaban J connectivity index is 3.23. The van der Waals surface area contributed by atoms with Crippen LogP contribution in [0.3, 0.4) is 0 Å².